The van der Waals surface area contributed by atoms with Crippen LogP contribution in [0.25, 0.3) is 0 Å². The fraction of sp³-hybridized carbons (Fsp3) is 0.400. The van der Waals surface area contributed by atoms with E-state index in [1.54, 1.807) is 0 Å². The first-order valence-corrected chi connectivity index (χ1v) is 16.2. The predicted molar refractivity (Wildman–Crippen MR) is 179 cm³/mol. The molecule has 45 heavy (non-hydrogen) atoms. The van der Waals surface area contributed by atoms with Crippen LogP contribution in [0.4, 0.5) is 0 Å². The third-order valence-corrected chi connectivity index (χ3v) is 8.76. The fourth-order valence-corrected chi connectivity index (χ4v) is 6.59. The van der Waals surface area contributed by atoms with Crippen LogP contribution in [0.15, 0.2) is 121 Å². The van der Waals surface area contributed by atoms with Gasteiger partial charge < -0.3 is 23.7 Å². The van der Waals surface area contributed by atoms with Crippen molar-refractivity contribution < 1.29 is 23.7 Å². The molecule has 1 aliphatic heterocycles. The molecule has 0 amide bonds. The van der Waals surface area contributed by atoms with Gasteiger partial charge in [-0.3, -0.25) is 0 Å². The van der Waals surface area contributed by atoms with Crippen molar-refractivity contribution in [3.8, 4) is 0 Å². The minimum atomic E-state index is -0.776. The van der Waals surface area contributed by atoms with E-state index in [1.165, 1.54) is 0 Å². The van der Waals surface area contributed by atoms with E-state index in [4.69, 9.17) is 23.7 Å². The van der Waals surface area contributed by atoms with E-state index in [9.17, 15) is 0 Å². The quantitative estimate of drug-likeness (QED) is 0.0815. The molecule has 0 radical (unpaired) electrons. The van der Waals surface area contributed by atoms with Crippen LogP contribution >= 0.6 is 0 Å². The lowest BCUT2D eigenvalue weighted by Crippen LogP contribution is -2.55. The molecule has 1 aliphatic rings. The van der Waals surface area contributed by atoms with Gasteiger partial charge >= 0.3 is 0 Å². The number of hydrogen-bond acceptors (Lipinski definition) is 5. The highest BCUT2D eigenvalue weighted by molar-refractivity contribution is 5.47. The van der Waals surface area contributed by atoms with E-state index in [0.717, 1.165) is 22.3 Å². The standard InChI is InChI=1S/C40H48O5/c1-30(26-41-29-42-28-33-18-10-6-11-19-33)37-32(3)38(45-39(4,5)44-37)31(2)27-43-40(34-20-12-7-13-21-34,35-22-14-8-15-23-35)36-24-16-9-17-25-36/h6-25,30-32,37-38H,26-29H2,1-5H3/t30-,31+,32-,37-,38+/m0/s1. The van der Waals surface area contributed by atoms with Crippen molar-refractivity contribution >= 4 is 0 Å². The Balaban J connectivity index is 1.30. The number of hydrogen-bond donors (Lipinski definition) is 0. The Morgan fingerprint density at radius 3 is 1.51 bits per heavy atom. The smallest absolute Gasteiger partial charge is 0.163 e. The molecule has 0 saturated carbocycles. The van der Waals surface area contributed by atoms with Crippen molar-refractivity contribution in [2.75, 3.05) is 20.0 Å². The summed E-state index contributed by atoms with van der Waals surface area (Å²) >= 11 is 0. The molecule has 5 atom stereocenters. The molecule has 0 N–H and O–H groups in total. The second kappa shape index (κ2) is 15.3. The Morgan fingerprint density at radius 1 is 0.622 bits per heavy atom. The van der Waals surface area contributed by atoms with E-state index in [1.807, 2.05) is 50.2 Å². The van der Waals surface area contributed by atoms with Gasteiger partial charge in [0, 0.05) is 17.8 Å². The van der Waals surface area contributed by atoms with Crippen LogP contribution in [0.2, 0.25) is 0 Å². The van der Waals surface area contributed by atoms with Crippen molar-refractivity contribution in [1.82, 2.24) is 0 Å². The van der Waals surface area contributed by atoms with Crippen LogP contribution in [0.5, 0.6) is 0 Å². The highest BCUT2D eigenvalue weighted by Crippen LogP contribution is 2.43. The lowest BCUT2D eigenvalue weighted by atomic mass is 9.79. The molecule has 0 aliphatic carbocycles. The summed E-state index contributed by atoms with van der Waals surface area (Å²) in [5.41, 5.74) is 3.63. The van der Waals surface area contributed by atoms with Crippen LogP contribution in [-0.2, 0) is 35.9 Å². The zero-order valence-corrected chi connectivity index (χ0v) is 27.3. The number of rotatable bonds is 14. The zero-order chi connectivity index (χ0) is 31.7. The normalized spacial score (nSPS) is 21.2. The molecule has 0 aromatic heterocycles. The van der Waals surface area contributed by atoms with E-state index in [-0.39, 0.29) is 36.8 Å². The third-order valence-electron chi connectivity index (χ3n) is 8.76. The molecule has 5 nitrogen and oxygen atoms in total. The first-order chi connectivity index (χ1) is 21.8. The van der Waals surface area contributed by atoms with E-state index in [2.05, 4.69) is 106 Å². The van der Waals surface area contributed by atoms with Gasteiger partial charge in [0.05, 0.1) is 32.0 Å². The van der Waals surface area contributed by atoms with E-state index >= 15 is 0 Å². The Morgan fingerprint density at radius 2 is 1.04 bits per heavy atom. The van der Waals surface area contributed by atoms with Crippen LogP contribution < -0.4 is 0 Å². The van der Waals surface area contributed by atoms with Crippen molar-refractivity contribution in [2.24, 2.45) is 17.8 Å². The van der Waals surface area contributed by atoms with Gasteiger partial charge in [0.15, 0.2) is 5.79 Å². The first kappa shape index (κ1) is 33.1. The highest BCUT2D eigenvalue weighted by atomic mass is 16.7. The molecular formula is C40H48O5. The molecule has 5 heteroatoms. The summed E-state index contributed by atoms with van der Waals surface area (Å²) in [4.78, 5) is 0. The summed E-state index contributed by atoms with van der Waals surface area (Å²) in [6, 6.07) is 41.7. The Kier molecular flexibility index (Phi) is 11.2. The summed E-state index contributed by atoms with van der Waals surface area (Å²) in [6.07, 6.45) is -0.118. The molecule has 238 valence electrons. The highest BCUT2D eigenvalue weighted by Gasteiger charge is 2.46. The van der Waals surface area contributed by atoms with Gasteiger partial charge in [-0.15, -0.1) is 0 Å². The summed E-state index contributed by atoms with van der Waals surface area (Å²) in [5.74, 6) is -0.372. The van der Waals surface area contributed by atoms with Crippen molar-refractivity contribution in [2.45, 2.75) is 64.8 Å². The van der Waals surface area contributed by atoms with Gasteiger partial charge in [0.2, 0.25) is 0 Å². The van der Waals surface area contributed by atoms with Crippen LogP contribution in [0.1, 0.15) is 56.9 Å². The molecular weight excluding hydrogens is 560 g/mol. The average Bonchev–Trinajstić information content (AvgIpc) is 3.07. The molecule has 0 bridgehead atoms. The SMILES string of the molecule is C[C@H]1[C@H]([C@@H](C)COCOCc2ccccc2)OC(C)(C)O[C@@H]1[C@H](C)COC(c1ccccc1)(c1ccccc1)c1ccccc1. The lowest BCUT2D eigenvalue weighted by molar-refractivity contribution is -0.338. The van der Waals surface area contributed by atoms with Gasteiger partial charge in [0.25, 0.3) is 0 Å². The predicted octanol–water partition coefficient (Wildman–Crippen LogP) is 8.61. The van der Waals surface area contributed by atoms with Gasteiger partial charge in [-0.25, -0.2) is 0 Å². The molecule has 0 unspecified atom stereocenters. The summed E-state index contributed by atoms with van der Waals surface area (Å²) in [5, 5.41) is 0. The maximum Gasteiger partial charge on any atom is 0.163 e. The van der Waals surface area contributed by atoms with E-state index in [0.29, 0.717) is 19.8 Å². The summed E-state index contributed by atoms with van der Waals surface area (Å²) in [6.45, 7) is 12.5. The topological polar surface area (TPSA) is 46.2 Å². The number of benzene rings is 4. The zero-order valence-electron chi connectivity index (χ0n) is 27.3. The van der Waals surface area contributed by atoms with Crippen LogP contribution in [-0.4, -0.2) is 38.0 Å². The van der Waals surface area contributed by atoms with E-state index < -0.39 is 11.4 Å². The van der Waals surface area contributed by atoms with Gasteiger partial charge in [-0.1, -0.05) is 142 Å². The molecule has 5 rings (SSSR count). The third kappa shape index (κ3) is 8.10. The monoisotopic (exact) mass is 608 g/mol. The summed E-state index contributed by atoms with van der Waals surface area (Å²) < 4.78 is 32.0. The second-order valence-corrected chi connectivity index (χ2v) is 12.8. The molecule has 4 aromatic carbocycles. The molecule has 1 heterocycles. The molecule has 4 aromatic rings. The molecule has 1 fully saturated rings. The maximum absolute atomic E-state index is 7.18. The Hall–Kier alpha value is -3.32. The minimum absolute atomic E-state index is 0.0440. The van der Waals surface area contributed by atoms with Crippen LogP contribution in [0, 0.1) is 17.8 Å². The van der Waals surface area contributed by atoms with Gasteiger partial charge in [0.1, 0.15) is 12.4 Å². The Bertz CT molecular complexity index is 1310. The summed E-state index contributed by atoms with van der Waals surface area (Å²) in [7, 11) is 0. The van der Waals surface area contributed by atoms with Crippen molar-refractivity contribution in [3.05, 3.63) is 144 Å². The van der Waals surface area contributed by atoms with Gasteiger partial charge in [-0.05, 0) is 36.1 Å². The minimum Gasteiger partial charge on any atom is -0.360 e. The molecule has 0 spiro atoms. The van der Waals surface area contributed by atoms with Crippen LogP contribution in [0.3, 0.4) is 0 Å². The van der Waals surface area contributed by atoms with Crippen molar-refractivity contribution in [3.63, 3.8) is 0 Å². The first-order valence-electron chi connectivity index (χ1n) is 16.2. The second-order valence-electron chi connectivity index (χ2n) is 12.8. The fourth-order valence-electron chi connectivity index (χ4n) is 6.59. The average molecular weight is 609 g/mol. The Labute approximate surface area is 269 Å². The maximum atomic E-state index is 7.18. The largest absolute Gasteiger partial charge is 0.360 e. The number of ether oxygens (including phenoxy) is 5. The molecule has 1 saturated heterocycles. The van der Waals surface area contributed by atoms with Gasteiger partial charge in [-0.2, -0.15) is 0 Å². The van der Waals surface area contributed by atoms with Crippen molar-refractivity contribution in [1.29, 1.82) is 0 Å². The lowest BCUT2D eigenvalue weighted by Gasteiger charge is -2.49.